The minimum atomic E-state index is -0.278. The van der Waals surface area contributed by atoms with Gasteiger partial charge in [0.15, 0.2) is 0 Å². The molecule has 0 saturated heterocycles. The summed E-state index contributed by atoms with van der Waals surface area (Å²) in [4.78, 5) is 11.1. The molecule has 0 saturated carbocycles. The summed E-state index contributed by atoms with van der Waals surface area (Å²) in [6.07, 6.45) is 4.15. The molecule has 0 bridgehead atoms. The van der Waals surface area contributed by atoms with Crippen LogP contribution in [0.1, 0.15) is 31.7 Å². The number of ether oxygens (including phenoxy) is 2. The molecule has 1 rings (SSSR count). The van der Waals surface area contributed by atoms with E-state index in [1.54, 1.807) is 14.0 Å². The van der Waals surface area contributed by atoms with Crippen molar-refractivity contribution in [1.82, 2.24) is 0 Å². The third-order valence-electron chi connectivity index (χ3n) is 2.72. The predicted octanol–water partition coefficient (Wildman–Crippen LogP) is 3.31. The van der Waals surface area contributed by atoms with Gasteiger partial charge >= 0.3 is 5.97 Å². The van der Waals surface area contributed by atoms with E-state index < -0.39 is 0 Å². The van der Waals surface area contributed by atoms with Crippen LogP contribution >= 0.6 is 0 Å². The maximum atomic E-state index is 11.1. The summed E-state index contributed by atoms with van der Waals surface area (Å²) in [6, 6.07) is 7.98. The van der Waals surface area contributed by atoms with Gasteiger partial charge in [-0.15, -0.1) is 0 Å². The van der Waals surface area contributed by atoms with Gasteiger partial charge in [0.1, 0.15) is 5.75 Å². The first-order valence-corrected chi connectivity index (χ1v) is 6.14. The van der Waals surface area contributed by atoms with Crippen LogP contribution in [0.3, 0.4) is 0 Å². The number of benzene rings is 1. The molecule has 0 heterocycles. The van der Waals surface area contributed by atoms with Crippen molar-refractivity contribution in [1.29, 1.82) is 0 Å². The Hall–Kier alpha value is -1.77. The highest BCUT2D eigenvalue weighted by molar-refractivity contribution is 5.81. The van der Waals surface area contributed by atoms with Crippen LogP contribution in [0.25, 0.3) is 0 Å². The smallest absolute Gasteiger partial charge is 0.330 e. The standard InChI is InChI=1S/C15H20O3/c1-4-18-15(16)7-5-6-12(2)13-8-10-14(17-3)11-9-13/h5,7-12H,4,6H2,1-3H3/b7-5+. The van der Waals surface area contributed by atoms with Gasteiger partial charge in [-0.25, -0.2) is 4.79 Å². The first-order valence-electron chi connectivity index (χ1n) is 6.14. The van der Waals surface area contributed by atoms with Crippen molar-refractivity contribution < 1.29 is 14.3 Å². The van der Waals surface area contributed by atoms with E-state index in [0.29, 0.717) is 12.5 Å². The number of carbonyl (C=O) groups excluding carboxylic acids is 1. The molecule has 3 nitrogen and oxygen atoms in total. The van der Waals surface area contributed by atoms with E-state index in [0.717, 1.165) is 12.2 Å². The average Bonchev–Trinajstić information content (AvgIpc) is 2.39. The fourth-order valence-corrected chi connectivity index (χ4v) is 1.63. The molecule has 0 fully saturated rings. The molecule has 0 N–H and O–H groups in total. The number of rotatable bonds is 6. The second-order valence-corrected chi connectivity index (χ2v) is 4.06. The SMILES string of the molecule is CCOC(=O)/C=C/CC(C)c1ccc(OC)cc1. The van der Waals surface area contributed by atoms with Crippen molar-refractivity contribution in [3.8, 4) is 5.75 Å². The lowest BCUT2D eigenvalue weighted by Gasteiger charge is -2.09. The van der Waals surface area contributed by atoms with E-state index in [9.17, 15) is 4.79 Å². The Morgan fingerprint density at radius 3 is 2.56 bits per heavy atom. The molecular weight excluding hydrogens is 228 g/mol. The van der Waals surface area contributed by atoms with Gasteiger partial charge in [0.25, 0.3) is 0 Å². The third kappa shape index (κ3) is 4.62. The highest BCUT2D eigenvalue weighted by atomic mass is 16.5. The van der Waals surface area contributed by atoms with Gasteiger partial charge < -0.3 is 9.47 Å². The van der Waals surface area contributed by atoms with Gasteiger partial charge in [-0.2, -0.15) is 0 Å². The van der Waals surface area contributed by atoms with Crippen LogP contribution in [-0.2, 0) is 9.53 Å². The van der Waals surface area contributed by atoms with Gasteiger partial charge in [-0.1, -0.05) is 25.1 Å². The molecular formula is C15H20O3. The molecule has 98 valence electrons. The molecule has 1 aromatic rings. The highest BCUT2D eigenvalue weighted by Gasteiger charge is 2.04. The third-order valence-corrected chi connectivity index (χ3v) is 2.72. The largest absolute Gasteiger partial charge is 0.497 e. The van der Waals surface area contributed by atoms with Crippen molar-refractivity contribution in [3.05, 3.63) is 42.0 Å². The molecule has 1 atom stereocenters. The molecule has 1 unspecified atom stereocenters. The zero-order valence-corrected chi connectivity index (χ0v) is 11.2. The molecule has 0 aliphatic rings. The summed E-state index contributed by atoms with van der Waals surface area (Å²) in [6.45, 7) is 4.33. The summed E-state index contributed by atoms with van der Waals surface area (Å²) in [5.74, 6) is 0.939. The summed E-state index contributed by atoms with van der Waals surface area (Å²) >= 11 is 0. The van der Waals surface area contributed by atoms with Gasteiger partial charge in [-0.05, 0) is 37.0 Å². The van der Waals surface area contributed by atoms with E-state index in [-0.39, 0.29) is 5.97 Å². The topological polar surface area (TPSA) is 35.5 Å². The van der Waals surface area contributed by atoms with Gasteiger partial charge in [0.2, 0.25) is 0 Å². The van der Waals surface area contributed by atoms with E-state index in [1.165, 1.54) is 11.6 Å². The van der Waals surface area contributed by atoms with E-state index >= 15 is 0 Å². The first kappa shape index (κ1) is 14.3. The van der Waals surface area contributed by atoms with Crippen LogP contribution in [-0.4, -0.2) is 19.7 Å². The van der Waals surface area contributed by atoms with Gasteiger partial charge in [0, 0.05) is 6.08 Å². The van der Waals surface area contributed by atoms with E-state index in [1.807, 2.05) is 30.3 Å². The van der Waals surface area contributed by atoms with Crippen LogP contribution in [0, 0.1) is 0 Å². The Morgan fingerprint density at radius 2 is 2.00 bits per heavy atom. The minimum Gasteiger partial charge on any atom is -0.497 e. The Labute approximate surface area is 108 Å². The monoisotopic (exact) mass is 248 g/mol. The van der Waals surface area contributed by atoms with Crippen LogP contribution in [0.5, 0.6) is 5.75 Å². The molecule has 18 heavy (non-hydrogen) atoms. The maximum absolute atomic E-state index is 11.1. The number of methoxy groups -OCH3 is 1. The van der Waals surface area contributed by atoms with Gasteiger partial charge in [0.05, 0.1) is 13.7 Å². The predicted molar refractivity (Wildman–Crippen MR) is 71.8 cm³/mol. The van der Waals surface area contributed by atoms with Crippen molar-refractivity contribution in [2.24, 2.45) is 0 Å². The maximum Gasteiger partial charge on any atom is 0.330 e. The second-order valence-electron chi connectivity index (χ2n) is 4.06. The fraction of sp³-hybridized carbons (Fsp3) is 0.400. The fourth-order valence-electron chi connectivity index (χ4n) is 1.63. The molecule has 0 aromatic heterocycles. The minimum absolute atomic E-state index is 0.278. The second kappa shape index (κ2) is 7.54. The molecule has 3 heteroatoms. The Kier molecular flexibility index (Phi) is 5.98. The zero-order chi connectivity index (χ0) is 13.4. The molecule has 0 aliphatic heterocycles. The summed E-state index contributed by atoms with van der Waals surface area (Å²) in [7, 11) is 1.65. The first-order chi connectivity index (χ1) is 8.67. The molecule has 0 aliphatic carbocycles. The van der Waals surface area contributed by atoms with Crippen LogP contribution in [0.15, 0.2) is 36.4 Å². The normalized spacial score (nSPS) is 12.4. The molecule has 0 radical (unpaired) electrons. The lowest BCUT2D eigenvalue weighted by atomic mass is 9.97. The quantitative estimate of drug-likeness (QED) is 0.572. The number of esters is 1. The Bertz CT molecular complexity index is 393. The summed E-state index contributed by atoms with van der Waals surface area (Å²) in [5, 5.41) is 0. The molecule has 0 amide bonds. The average molecular weight is 248 g/mol. The van der Waals surface area contributed by atoms with Crippen LogP contribution in [0.4, 0.5) is 0 Å². The van der Waals surface area contributed by atoms with Crippen LogP contribution in [0.2, 0.25) is 0 Å². The number of hydrogen-bond acceptors (Lipinski definition) is 3. The van der Waals surface area contributed by atoms with Crippen LogP contribution < -0.4 is 4.74 Å². The van der Waals surface area contributed by atoms with E-state index in [2.05, 4.69) is 6.92 Å². The van der Waals surface area contributed by atoms with Crippen molar-refractivity contribution in [2.75, 3.05) is 13.7 Å². The molecule has 0 spiro atoms. The van der Waals surface area contributed by atoms with Crippen molar-refractivity contribution >= 4 is 5.97 Å². The van der Waals surface area contributed by atoms with Gasteiger partial charge in [-0.3, -0.25) is 0 Å². The number of carbonyl (C=O) groups is 1. The molecule has 1 aromatic carbocycles. The van der Waals surface area contributed by atoms with E-state index in [4.69, 9.17) is 9.47 Å². The highest BCUT2D eigenvalue weighted by Crippen LogP contribution is 2.22. The lowest BCUT2D eigenvalue weighted by molar-refractivity contribution is -0.137. The lowest BCUT2D eigenvalue weighted by Crippen LogP contribution is -1.99. The number of hydrogen-bond donors (Lipinski definition) is 0. The van der Waals surface area contributed by atoms with Crippen molar-refractivity contribution in [3.63, 3.8) is 0 Å². The number of allylic oxidation sites excluding steroid dienone is 1. The summed E-state index contributed by atoms with van der Waals surface area (Å²) < 4.78 is 9.93. The van der Waals surface area contributed by atoms with Crippen molar-refractivity contribution in [2.45, 2.75) is 26.2 Å². The Balaban J connectivity index is 2.49. The Morgan fingerprint density at radius 1 is 1.33 bits per heavy atom. The summed E-state index contributed by atoms with van der Waals surface area (Å²) in [5.41, 5.74) is 1.23. The zero-order valence-electron chi connectivity index (χ0n) is 11.2.